The van der Waals surface area contributed by atoms with Gasteiger partial charge < -0.3 is 15.3 Å². The zero-order valence-electron chi connectivity index (χ0n) is 11.9. The Morgan fingerprint density at radius 3 is 2.71 bits per heavy atom. The fraction of sp³-hybridized carbons (Fsp3) is 0.500. The number of aliphatic carboxylic acids is 1. The van der Waals surface area contributed by atoms with Gasteiger partial charge in [-0.15, -0.1) is 0 Å². The molecule has 2 atom stereocenters. The van der Waals surface area contributed by atoms with Crippen molar-refractivity contribution >= 4 is 12.0 Å². The fourth-order valence-corrected chi connectivity index (χ4v) is 3.35. The third-order valence-electron chi connectivity index (χ3n) is 4.47. The van der Waals surface area contributed by atoms with Gasteiger partial charge in [0.25, 0.3) is 0 Å². The summed E-state index contributed by atoms with van der Waals surface area (Å²) in [6.07, 6.45) is 4.01. The predicted molar refractivity (Wildman–Crippen MR) is 78.2 cm³/mol. The Hall–Kier alpha value is -2.04. The highest BCUT2D eigenvalue weighted by molar-refractivity contribution is 5.83. The molecule has 0 radical (unpaired) electrons. The van der Waals surface area contributed by atoms with Gasteiger partial charge in [-0.25, -0.2) is 9.59 Å². The van der Waals surface area contributed by atoms with Gasteiger partial charge in [0.15, 0.2) is 0 Å². The zero-order chi connectivity index (χ0) is 14.8. The number of hydrogen-bond donors (Lipinski definition) is 2. The van der Waals surface area contributed by atoms with Crippen LogP contribution in [-0.2, 0) is 17.6 Å². The molecule has 0 aromatic heterocycles. The molecule has 1 aliphatic carbocycles. The second kappa shape index (κ2) is 5.76. The molecular weight excluding hydrogens is 268 g/mol. The van der Waals surface area contributed by atoms with Crippen LogP contribution in [0.15, 0.2) is 24.3 Å². The number of rotatable bonds is 2. The van der Waals surface area contributed by atoms with Gasteiger partial charge in [-0.3, -0.25) is 0 Å². The lowest BCUT2D eigenvalue weighted by Crippen LogP contribution is -2.50. The van der Waals surface area contributed by atoms with Crippen LogP contribution in [-0.4, -0.2) is 40.6 Å². The Morgan fingerprint density at radius 1 is 1.19 bits per heavy atom. The van der Waals surface area contributed by atoms with Crippen LogP contribution in [0.2, 0.25) is 0 Å². The molecule has 1 heterocycles. The number of carboxylic acid groups (broad SMARTS) is 1. The maximum atomic E-state index is 12.3. The molecule has 1 aromatic carbocycles. The maximum absolute atomic E-state index is 12.3. The number of benzene rings is 1. The summed E-state index contributed by atoms with van der Waals surface area (Å²) in [5.74, 6) is -0.906. The van der Waals surface area contributed by atoms with Gasteiger partial charge in [-0.2, -0.15) is 0 Å². The van der Waals surface area contributed by atoms with Crippen LogP contribution in [0.5, 0.6) is 0 Å². The van der Waals surface area contributed by atoms with Gasteiger partial charge in [0, 0.05) is 12.6 Å². The van der Waals surface area contributed by atoms with Crippen LogP contribution in [0.1, 0.15) is 30.4 Å². The first-order valence-electron chi connectivity index (χ1n) is 7.52. The van der Waals surface area contributed by atoms with E-state index in [0.717, 1.165) is 25.7 Å². The summed E-state index contributed by atoms with van der Waals surface area (Å²) in [6, 6.07) is 7.49. The Balaban J connectivity index is 1.62. The molecule has 0 spiro atoms. The molecule has 0 saturated carbocycles. The number of carboxylic acids is 1. The monoisotopic (exact) mass is 288 g/mol. The van der Waals surface area contributed by atoms with Gasteiger partial charge in [-0.1, -0.05) is 24.3 Å². The van der Waals surface area contributed by atoms with Crippen LogP contribution in [0.4, 0.5) is 4.79 Å². The van der Waals surface area contributed by atoms with E-state index in [1.54, 1.807) is 0 Å². The fourth-order valence-electron chi connectivity index (χ4n) is 3.35. The molecule has 2 unspecified atom stereocenters. The van der Waals surface area contributed by atoms with E-state index < -0.39 is 12.0 Å². The largest absolute Gasteiger partial charge is 0.480 e. The lowest BCUT2D eigenvalue weighted by atomic mass is 9.88. The molecule has 2 N–H and O–H groups in total. The summed E-state index contributed by atoms with van der Waals surface area (Å²) in [5.41, 5.74) is 2.64. The van der Waals surface area contributed by atoms with Gasteiger partial charge in [0.05, 0.1) is 0 Å². The molecule has 21 heavy (non-hydrogen) atoms. The average molecular weight is 288 g/mol. The maximum Gasteiger partial charge on any atom is 0.326 e. The van der Waals surface area contributed by atoms with Gasteiger partial charge in [0.2, 0.25) is 0 Å². The first-order valence-corrected chi connectivity index (χ1v) is 7.52. The first kappa shape index (κ1) is 13.9. The van der Waals surface area contributed by atoms with Crippen molar-refractivity contribution in [3.8, 4) is 0 Å². The number of aryl methyl sites for hydroxylation is 1. The van der Waals surface area contributed by atoms with Crippen molar-refractivity contribution in [2.75, 3.05) is 6.54 Å². The number of hydrogen-bond acceptors (Lipinski definition) is 2. The Bertz CT molecular complexity index is 558. The van der Waals surface area contributed by atoms with Crippen molar-refractivity contribution in [2.45, 2.75) is 44.2 Å². The lowest BCUT2D eigenvalue weighted by molar-refractivity contribution is -0.141. The van der Waals surface area contributed by atoms with E-state index in [9.17, 15) is 9.59 Å². The molecule has 2 aliphatic rings. The topological polar surface area (TPSA) is 69.6 Å². The Labute approximate surface area is 123 Å². The molecule has 1 saturated heterocycles. The molecule has 3 rings (SSSR count). The molecule has 5 nitrogen and oxygen atoms in total. The van der Waals surface area contributed by atoms with Crippen molar-refractivity contribution in [1.29, 1.82) is 0 Å². The molecule has 0 bridgehead atoms. The quantitative estimate of drug-likeness (QED) is 0.872. The highest BCUT2D eigenvalue weighted by Gasteiger charge is 2.35. The van der Waals surface area contributed by atoms with Crippen LogP contribution in [0.3, 0.4) is 0 Å². The molecular formula is C16H20N2O3. The summed E-state index contributed by atoms with van der Waals surface area (Å²) in [4.78, 5) is 24.9. The smallest absolute Gasteiger partial charge is 0.326 e. The second-order valence-electron chi connectivity index (χ2n) is 5.85. The van der Waals surface area contributed by atoms with Gasteiger partial charge in [0.1, 0.15) is 6.04 Å². The number of carbonyl (C=O) groups excluding carboxylic acids is 1. The molecule has 112 valence electrons. The van der Waals surface area contributed by atoms with E-state index >= 15 is 0 Å². The van der Waals surface area contributed by atoms with Crippen molar-refractivity contribution in [2.24, 2.45) is 0 Å². The summed E-state index contributed by atoms with van der Waals surface area (Å²) >= 11 is 0. The summed E-state index contributed by atoms with van der Waals surface area (Å²) in [5, 5.41) is 12.2. The van der Waals surface area contributed by atoms with E-state index in [1.807, 2.05) is 12.1 Å². The molecule has 5 heteroatoms. The lowest BCUT2D eigenvalue weighted by Gasteiger charge is -2.29. The number of carbonyl (C=O) groups is 2. The highest BCUT2D eigenvalue weighted by atomic mass is 16.4. The van der Waals surface area contributed by atoms with Crippen LogP contribution in [0.25, 0.3) is 0 Å². The van der Waals surface area contributed by atoms with E-state index in [-0.39, 0.29) is 12.1 Å². The Kier molecular flexibility index (Phi) is 3.82. The highest BCUT2D eigenvalue weighted by Crippen LogP contribution is 2.22. The van der Waals surface area contributed by atoms with Crippen molar-refractivity contribution in [3.05, 3.63) is 35.4 Å². The van der Waals surface area contributed by atoms with E-state index in [4.69, 9.17) is 5.11 Å². The Morgan fingerprint density at radius 2 is 1.95 bits per heavy atom. The third kappa shape index (κ3) is 2.86. The number of likely N-dealkylation sites (tertiary alicyclic amines) is 1. The molecule has 2 amide bonds. The number of fused-ring (bicyclic) bond motifs is 1. The van der Waals surface area contributed by atoms with Crippen molar-refractivity contribution in [3.63, 3.8) is 0 Å². The summed E-state index contributed by atoms with van der Waals surface area (Å²) in [7, 11) is 0. The predicted octanol–water partition coefficient (Wildman–Crippen LogP) is 1.80. The van der Waals surface area contributed by atoms with Crippen molar-refractivity contribution < 1.29 is 14.7 Å². The summed E-state index contributed by atoms with van der Waals surface area (Å²) in [6.45, 7) is 0.534. The molecule has 1 aromatic rings. The minimum absolute atomic E-state index is 0.0995. The number of amides is 2. The molecule has 1 fully saturated rings. The number of nitrogens with one attached hydrogen (secondary N) is 1. The zero-order valence-corrected chi connectivity index (χ0v) is 11.9. The number of urea groups is 1. The van der Waals surface area contributed by atoms with E-state index in [2.05, 4.69) is 17.4 Å². The number of nitrogens with zero attached hydrogens (tertiary/aromatic N) is 1. The van der Waals surface area contributed by atoms with Crippen LogP contribution in [0, 0.1) is 0 Å². The van der Waals surface area contributed by atoms with Crippen LogP contribution < -0.4 is 5.32 Å². The van der Waals surface area contributed by atoms with Gasteiger partial charge >= 0.3 is 12.0 Å². The standard InChI is InChI=1S/C16H20N2O3/c19-15(20)14-6-3-9-18(14)16(21)17-13-8-7-11-4-1-2-5-12(11)10-13/h1-2,4-5,13-14H,3,6-10H2,(H,17,21)(H,19,20). The van der Waals surface area contributed by atoms with E-state index in [1.165, 1.54) is 16.0 Å². The first-order chi connectivity index (χ1) is 10.1. The van der Waals surface area contributed by atoms with E-state index in [0.29, 0.717) is 13.0 Å². The summed E-state index contributed by atoms with van der Waals surface area (Å²) < 4.78 is 0. The second-order valence-corrected chi connectivity index (χ2v) is 5.85. The normalized spacial score (nSPS) is 24.5. The average Bonchev–Trinajstić information content (AvgIpc) is 2.97. The minimum Gasteiger partial charge on any atom is -0.480 e. The van der Waals surface area contributed by atoms with Gasteiger partial charge in [-0.05, 0) is 43.2 Å². The third-order valence-corrected chi connectivity index (χ3v) is 4.47. The van der Waals surface area contributed by atoms with Crippen LogP contribution >= 0.6 is 0 Å². The SMILES string of the molecule is O=C(O)C1CCCN1C(=O)NC1CCc2ccccc2C1. The van der Waals surface area contributed by atoms with Crippen molar-refractivity contribution in [1.82, 2.24) is 10.2 Å². The molecule has 1 aliphatic heterocycles. The minimum atomic E-state index is -0.906.